The Kier molecular flexibility index (Phi) is 4.79. The number of fused-ring (bicyclic) bond motifs is 2. The van der Waals surface area contributed by atoms with Crippen molar-refractivity contribution in [2.24, 2.45) is 23.7 Å². The van der Waals surface area contributed by atoms with E-state index in [9.17, 15) is 19.5 Å². The average Bonchev–Trinajstić information content (AvgIpc) is 3.20. The molecule has 0 spiro atoms. The highest BCUT2D eigenvalue weighted by molar-refractivity contribution is 5.96. The maximum atomic E-state index is 12.4. The molecular formula is C19H24N2O4. The molecule has 0 aliphatic heterocycles. The quantitative estimate of drug-likeness (QED) is 0.731. The third-order valence-electron chi connectivity index (χ3n) is 5.64. The molecule has 0 radical (unpaired) electrons. The van der Waals surface area contributed by atoms with Crippen molar-refractivity contribution in [2.45, 2.75) is 39.0 Å². The van der Waals surface area contributed by atoms with E-state index in [1.807, 2.05) is 12.1 Å². The van der Waals surface area contributed by atoms with Crippen LogP contribution in [-0.2, 0) is 9.59 Å². The molecule has 2 fully saturated rings. The molecule has 2 amide bonds. The zero-order valence-electron chi connectivity index (χ0n) is 14.5. The Morgan fingerprint density at radius 2 is 1.60 bits per heavy atom. The summed E-state index contributed by atoms with van der Waals surface area (Å²) in [5, 5.41) is 9.41. The summed E-state index contributed by atoms with van der Waals surface area (Å²) < 4.78 is 0. The van der Waals surface area contributed by atoms with Gasteiger partial charge in [0, 0.05) is 5.56 Å². The second kappa shape index (κ2) is 6.86. The van der Waals surface area contributed by atoms with E-state index in [-0.39, 0.29) is 11.8 Å². The molecule has 2 aliphatic carbocycles. The predicted octanol–water partition coefficient (Wildman–Crippen LogP) is 2.32. The minimum Gasteiger partial charge on any atom is -0.481 e. The summed E-state index contributed by atoms with van der Waals surface area (Å²) in [6.45, 7) is 4.15. The molecule has 6 heteroatoms. The van der Waals surface area contributed by atoms with Gasteiger partial charge < -0.3 is 5.11 Å². The van der Waals surface area contributed by atoms with Crippen molar-refractivity contribution in [3.63, 3.8) is 0 Å². The first kappa shape index (κ1) is 17.5. The fraction of sp³-hybridized carbons (Fsp3) is 0.526. The largest absolute Gasteiger partial charge is 0.481 e. The van der Waals surface area contributed by atoms with Crippen LogP contribution < -0.4 is 10.9 Å². The van der Waals surface area contributed by atoms with Crippen LogP contribution in [0.5, 0.6) is 0 Å². The number of hydrogen-bond acceptors (Lipinski definition) is 3. The first-order valence-corrected chi connectivity index (χ1v) is 8.81. The molecule has 2 bridgehead atoms. The third kappa shape index (κ3) is 3.38. The van der Waals surface area contributed by atoms with E-state index in [1.165, 1.54) is 0 Å². The summed E-state index contributed by atoms with van der Waals surface area (Å²) in [4.78, 5) is 36.1. The van der Waals surface area contributed by atoms with Crippen LogP contribution in [0, 0.1) is 23.7 Å². The number of amides is 2. The smallest absolute Gasteiger partial charge is 0.307 e. The standard InChI is InChI=1S/C19H24N2O4/c1-10(2)11-3-5-12(6-4-11)17(22)20-21-18(23)15-13-7-8-14(9-13)16(15)19(24)25/h3-6,10,13-16H,7-9H2,1-2H3,(H,20,22)(H,21,23)(H,24,25)/t13-,14+,15+,16+/m1/s1. The fourth-order valence-electron chi connectivity index (χ4n) is 4.32. The highest BCUT2D eigenvalue weighted by Gasteiger charge is 2.54. The molecule has 2 saturated carbocycles. The van der Waals surface area contributed by atoms with E-state index < -0.39 is 29.6 Å². The predicted molar refractivity (Wildman–Crippen MR) is 91.6 cm³/mol. The maximum Gasteiger partial charge on any atom is 0.307 e. The zero-order chi connectivity index (χ0) is 18.1. The first-order chi connectivity index (χ1) is 11.9. The molecule has 0 aromatic heterocycles. The van der Waals surface area contributed by atoms with Crippen LogP contribution in [0.1, 0.15) is 54.9 Å². The van der Waals surface area contributed by atoms with Gasteiger partial charge in [-0.25, -0.2) is 0 Å². The summed E-state index contributed by atoms with van der Waals surface area (Å²) in [5.74, 6) is -2.34. The summed E-state index contributed by atoms with van der Waals surface area (Å²) >= 11 is 0. The van der Waals surface area contributed by atoms with Gasteiger partial charge in [0.25, 0.3) is 5.91 Å². The maximum absolute atomic E-state index is 12.4. The Morgan fingerprint density at radius 3 is 2.16 bits per heavy atom. The molecule has 3 N–H and O–H groups in total. The molecule has 134 valence electrons. The van der Waals surface area contributed by atoms with Gasteiger partial charge in [0.05, 0.1) is 11.8 Å². The molecule has 0 heterocycles. The zero-order valence-corrected chi connectivity index (χ0v) is 14.5. The lowest BCUT2D eigenvalue weighted by molar-refractivity contribution is -0.149. The SMILES string of the molecule is CC(C)c1ccc(C(=O)NNC(=O)[C@H]2[C@@H]3CC[C@@H](C3)[C@@H]2C(=O)O)cc1. The van der Waals surface area contributed by atoms with Gasteiger partial charge in [0.15, 0.2) is 0 Å². The van der Waals surface area contributed by atoms with Crippen molar-refractivity contribution in [1.82, 2.24) is 10.9 Å². The lowest BCUT2D eigenvalue weighted by Gasteiger charge is -2.27. The van der Waals surface area contributed by atoms with Crippen molar-refractivity contribution in [3.05, 3.63) is 35.4 Å². The number of aliphatic carboxylic acids is 1. The van der Waals surface area contributed by atoms with Crippen LogP contribution in [0.2, 0.25) is 0 Å². The number of carbonyl (C=O) groups is 3. The van der Waals surface area contributed by atoms with Gasteiger partial charge >= 0.3 is 5.97 Å². The summed E-state index contributed by atoms with van der Waals surface area (Å²) in [5.41, 5.74) is 6.42. The molecule has 3 rings (SSSR count). The van der Waals surface area contributed by atoms with E-state index in [0.29, 0.717) is 11.5 Å². The van der Waals surface area contributed by atoms with E-state index in [4.69, 9.17) is 0 Å². The highest BCUT2D eigenvalue weighted by atomic mass is 16.4. The topological polar surface area (TPSA) is 95.5 Å². The summed E-state index contributed by atoms with van der Waals surface area (Å²) in [6, 6.07) is 7.21. The molecule has 0 saturated heterocycles. The Labute approximate surface area is 147 Å². The Hall–Kier alpha value is -2.37. The molecule has 1 aromatic rings. The van der Waals surface area contributed by atoms with E-state index >= 15 is 0 Å². The normalized spacial score (nSPS) is 27.3. The Bertz CT molecular complexity index is 683. The number of carboxylic acids is 1. The van der Waals surface area contributed by atoms with E-state index in [1.54, 1.807) is 12.1 Å². The lowest BCUT2D eigenvalue weighted by atomic mass is 9.79. The van der Waals surface area contributed by atoms with Gasteiger partial charge in [-0.3, -0.25) is 25.2 Å². The second-order valence-corrected chi connectivity index (χ2v) is 7.44. The van der Waals surface area contributed by atoms with Gasteiger partial charge in [-0.1, -0.05) is 26.0 Å². The third-order valence-corrected chi connectivity index (χ3v) is 5.64. The van der Waals surface area contributed by atoms with Crippen LogP contribution in [0.25, 0.3) is 0 Å². The molecular weight excluding hydrogens is 320 g/mol. The molecule has 4 atom stereocenters. The van der Waals surface area contributed by atoms with Gasteiger partial charge in [-0.15, -0.1) is 0 Å². The average molecular weight is 344 g/mol. The first-order valence-electron chi connectivity index (χ1n) is 8.81. The monoisotopic (exact) mass is 344 g/mol. The van der Waals surface area contributed by atoms with E-state index in [0.717, 1.165) is 24.8 Å². The summed E-state index contributed by atoms with van der Waals surface area (Å²) in [6.07, 6.45) is 2.55. The van der Waals surface area contributed by atoms with Crippen molar-refractivity contribution in [1.29, 1.82) is 0 Å². The summed E-state index contributed by atoms with van der Waals surface area (Å²) in [7, 11) is 0. The van der Waals surface area contributed by atoms with Crippen LogP contribution >= 0.6 is 0 Å². The van der Waals surface area contributed by atoms with Crippen LogP contribution in [-0.4, -0.2) is 22.9 Å². The van der Waals surface area contributed by atoms with Crippen LogP contribution in [0.15, 0.2) is 24.3 Å². The van der Waals surface area contributed by atoms with Crippen molar-refractivity contribution < 1.29 is 19.5 Å². The number of carbonyl (C=O) groups excluding carboxylic acids is 2. The van der Waals surface area contributed by atoms with Crippen molar-refractivity contribution in [2.75, 3.05) is 0 Å². The number of hydrazine groups is 1. The van der Waals surface area contributed by atoms with E-state index in [2.05, 4.69) is 24.7 Å². The molecule has 2 aliphatic rings. The number of nitrogens with one attached hydrogen (secondary N) is 2. The Balaban J connectivity index is 1.60. The number of hydrogen-bond donors (Lipinski definition) is 3. The van der Waals surface area contributed by atoms with Gasteiger partial charge in [0.2, 0.25) is 5.91 Å². The Morgan fingerprint density at radius 1 is 1.00 bits per heavy atom. The molecule has 1 aromatic carbocycles. The van der Waals surface area contributed by atoms with Crippen molar-refractivity contribution in [3.8, 4) is 0 Å². The van der Waals surface area contributed by atoms with Gasteiger partial charge in [-0.2, -0.15) is 0 Å². The molecule has 0 unspecified atom stereocenters. The molecule has 6 nitrogen and oxygen atoms in total. The molecule has 25 heavy (non-hydrogen) atoms. The minimum absolute atomic E-state index is 0.0810. The lowest BCUT2D eigenvalue weighted by Crippen LogP contribution is -2.48. The number of benzene rings is 1. The fourth-order valence-corrected chi connectivity index (χ4v) is 4.32. The van der Waals surface area contributed by atoms with Crippen LogP contribution in [0.3, 0.4) is 0 Å². The van der Waals surface area contributed by atoms with Gasteiger partial charge in [-0.05, 0) is 54.7 Å². The number of carboxylic acid groups (broad SMARTS) is 1. The highest BCUT2D eigenvalue weighted by Crippen LogP contribution is 2.52. The minimum atomic E-state index is -0.914. The number of rotatable bonds is 4. The van der Waals surface area contributed by atoms with Crippen LogP contribution in [0.4, 0.5) is 0 Å². The van der Waals surface area contributed by atoms with Crippen molar-refractivity contribution >= 4 is 17.8 Å². The second-order valence-electron chi connectivity index (χ2n) is 7.44. The van der Waals surface area contributed by atoms with Gasteiger partial charge in [0.1, 0.15) is 0 Å².